The number of aromatic nitrogens is 4. The summed E-state index contributed by atoms with van der Waals surface area (Å²) in [7, 11) is 0. The third-order valence-electron chi connectivity index (χ3n) is 6.33. The molecular formula is C25H22F6N6. The highest BCUT2D eigenvalue weighted by molar-refractivity contribution is 5.79. The molecule has 12 heteroatoms. The SMILES string of the molecule is Cc1cc(N2CCC(Nc3nc4c(-c5cc(C(F)(F)F)cc(C(F)(F)F)c5)cccn4n3)CC2)ccn1. The van der Waals surface area contributed by atoms with E-state index in [2.05, 4.69) is 25.3 Å². The van der Waals surface area contributed by atoms with Crippen molar-refractivity contribution < 1.29 is 26.3 Å². The van der Waals surface area contributed by atoms with Crippen molar-refractivity contribution in [2.24, 2.45) is 0 Å². The highest BCUT2D eigenvalue weighted by Gasteiger charge is 2.37. The van der Waals surface area contributed by atoms with Crippen molar-refractivity contribution in [2.75, 3.05) is 23.3 Å². The number of hydrogen-bond acceptors (Lipinski definition) is 5. The summed E-state index contributed by atoms with van der Waals surface area (Å²) in [6.07, 6.45) is -4.96. The number of pyridine rings is 2. The molecule has 1 saturated heterocycles. The molecule has 6 nitrogen and oxygen atoms in total. The Morgan fingerprint density at radius 1 is 0.919 bits per heavy atom. The van der Waals surface area contributed by atoms with Crippen molar-refractivity contribution in [1.29, 1.82) is 0 Å². The van der Waals surface area contributed by atoms with Crippen molar-refractivity contribution in [2.45, 2.75) is 38.2 Å². The quantitative estimate of drug-likeness (QED) is 0.324. The van der Waals surface area contributed by atoms with Gasteiger partial charge >= 0.3 is 12.4 Å². The fraction of sp³-hybridized carbons (Fsp3) is 0.320. The van der Waals surface area contributed by atoms with Crippen LogP contribution in [0.3, 0.4) is 0 Å². The Morgan fingerprint density at radius 2 is 1.59 bits per heavy atom. The monoisotopic (exact) mass is 520 g/mol. The first-order valence-corrected chi connectivity index (χ1v) is 11.6. The molecule has 0 bridgehead atoms. The maximum atomic E-state index is 13.4. The van der Waals surface area contributed by atoms with Crippen LogP contribution >= 0.6 is 0 Å². The van der Waals surface area contributed by atoms with Crippen molar-refractivity contribution in [3.8, 4) is 11.1 Å². The van der Waals surface area contributed by atoms with E-state index < -0.39 is 23.5 Å². The van der Waals surface area contributed by atoms with Gasteiger partial charge in [-0.1, -0.05) is 0 Å². The molecule has 37 heavy (non-hydrogen) atoms. The first-order valence-electron chi connectivity index (χ1n) is 11.6. The van der Waals surface area contributed by atoms with Gasteiger partial charge in [0.2, 0.25) is 5.95 Å². The maximum absolute atomic E-state index is 13.4. The molecule has 1 aliphatic heterocycles. The van der Waals surface area contributed by atoms with E-state index in [4.69, 9.17) is 0 Å². The number of halogens is 6. The Bertz CT molecular complexity index is 1390. The zero-order valence-electron chi connectivity index (χ0n) is 19.6. The summed E-state index contributed by atoms with van der Waals surface area (Å²) in [4.78, 5) is 10.9. The van der Waals surface area contributed by atoms with Gasteiger partial charge in [0.05, 0.1) is 11.1 Å². The number of rotatable bonds is 4. The average molecular weight is 520 g/mol. The lowest BCUT2D eigenvalue weighted by Gasteiger charge is -2.33. The summed E-state index contributed by atoms with van der Waals surface area (Å²) in [5, 5.41) is 7.61. The first-order chi connectivity index (χ1) is 17.5. The summed E-state index contributed by atoms with van der Waals surface area (Å²) in [6, 6.07) is 8.49. The van der Waals surface area contributed by atoms with Crippen LogP contribution in [-0.2, 0) is 12.4 Å². The fourth-order valence-corrected chi connectivity index (χ4v) is 4.49. The summed E-state index contributed by atoms with van der Waals surface area (Å²) >= 11 is 0. The lowest BCUT2D eigenvalue weighted by molar-refractivity contribution is -0.143. The van der Waals surface area contributed by atoms with E-state index in [9.17, 15) is 26.3 Å². The zero-order chi connectivity index (χ0) is 26.4. The molecule has 0 spiro atoms. The normalized spacial score (nSPS) is 15.4. The van der Waals surface area contributed by atoms with Crippen LogP contribution < -0.4 is 10.2 Å². The minimum atomic E-state index is -4.94. The van der Waals surface area contributed by atoms with E-state index in [0.717, 1.165) is 37.3 Å². The van der Waals surface area contributed by atoms with Gasteiger partial charge in [-0.15, -0.1) is 5.10 Å². The third kappa shape index (κ3) is 5.32. The van der Waals surface area contributed by atoms with Gasteiger partial charge < -0.3 is 10.2 Å². The molecular weight excluding hydrogens is 498 g/mol. The Morgan fingerprint density at radius 3 is 2.22 bits per heavy atom. The second-order valence-corrected chi connectivity index (χ2v) is 8.98. The summed E-state index contributed by atoms with van der Waals surface area (Å²) in [5.74, 6) is 0.258. The number of fused-ring (bicyclic) bond motifs is 1. The molecule has 1 N–H and O–H groups in total. The van der Waals surface area contributed by atoms with Gasteiger partial charge in [-0.2, -0.15) is 31.3 Å². The average Bonchev–Trinajstić information content (AvgIpc) is 3.25. The fourth-order valence-electron chi connectivity index (χ4n) is 4.49. The van der Waals surface area contributed by atoms with Crippen LogP contribution in [0.15, 0.2) is 54.9 Å². The summed E-state index contributed by atoms with van der Waals surface area (Å²) in [6.45, 7) is 3.53. The van der Waals surface area contributed by atoms with Gasteiger partial charge in [-0.05, 0) is 67.8 Å². The van der Waals surface area contributed by atoms with Crippen LogP contribution in [0.5, 0.6) is 0 Å². The number of nitrogens with zero attached hydrogens (tertiary/aromatic N) is 5. The van der Waals surface area contributed by atoms with Crippen LogP contribution in [0.4, 0.5) is 38.0 Å². The Kier molecular flexibility index (Phi) is 6.20. The van der Waals surface area contributed by atoms with Crippen LogP contribution in [0.2, 0.25) is 0 Å². The van der Waals surface area contributed by atoms with E-state index in [1.807, 2.05) is 19.1 Å². The molecule has 0 amide bonds. The molecule has 0 radical (unpaired) electrons. The summed E-state index contributed by atoms with van der Waals surface area (Å²) in [5.41, 5.74) is -0.703. The molecule has 3 aromatic heterocycles. The van der Waals surface area contributed by atoms with Gasteiger partial charge in [0, 0.05) is 48.5 Å². The highest BCUT2D eigenvalue weighted by Crippen LogP contribution is 2.39. The third-order valence-corrected chi connectivity index (χ3v) is 6.33. The number of piperidine rings is 1. The molecule has 0 saturated carbocycles. The number of nitrogens with one attached hydrogen (secondary N) is 1. The van der Waals surface area contributed by atoms with Crippen molar-refractivity contribution in [3.63, 3.8) is 0 Å². The van der Waals surface area contributed by atoms with Crippen molar-refractivity contribution >= 4 is 17.3 Å². The minimum absolute atomic E-state index is 0.0606. The van der Waals surface area contributed by atoms with Gasteiger partial charge in [0.1, 0.15) is 0 Å². The van der Waals surface area contributed by atoms with E-state index in [1.54, 1.807) is 12.4 Å². The van der Waals surface area contributed by atoms with Gasteiger partial charge in [0.15, 0.2) is 5.65 Å². The van der Waals surface area contributed by atoms with Gasteiger partial charge in [-0.3, -0.25) is 4.98 Å². The lowest BCUT2D eigenvalue weighted by atomic mass is 10.00. The topological polar surface area (TPSA) is 58.4 Å². The van der Waals surface area contributed by atoms with Crippen LogP contribution in [0, 0.1) is 6.92 Å². The Hall–Kier alpha value is -3.83. The molecule has 0 atom stereocenters. The van der Waals surface area contributed by atoms with E-state index in [-0.39, 0.29) is 34.8 Å². The predicted molar refractivity (Wildman–Crippen MR) is 126 cm³/mol. The standard InChI is InChI=1S/C25H22F6N6/c1-15-11-20(4-7-32-15)36-9-5-19(6-10-36)33-23-34-22-21(3-2-8-37(22)35-23)16-12-17(24(26,27)28)14-18(13-16)25(29,30)31/h2-4,7-8,11-14,19H,5-6,9-10H2,1H3,(H,33,35). The molecule has 4 aromatic rings. The van der Waals surface area contributed by atoms with Gasteiger partial charge in [-0.25, -0.2) is 4.52 Å². The van der Waals surface area contributed by atoms with Gasteiger partial charge in [0.25, 0.3) is 0 Å². The second kappa shape index (κ2) is 9.24. The number of aryl methyl sites for hydroxylation is 1. The van der Waals surface area contributed by atoms with E-state index in [1.165, 1.54) is 16.6 Å². The number of benzene rings is 1. The second-order valence-electron chi connectivity index (χ2n) is 8.98. The van der Waals surface area contributed by atoms with E-state index in [0.29, 0.717) is 12.1 Å². The zero-order valence-corrected chi connectivity index (χ0v) is 19.6. The molecule has 194 valence electrons. The maximum Gasteiger partial charge on any atom is 0.416 e. The van der Waals surface area contributed by atoms with Crippen molar-refractivity contribution in [3.05, 3.63) is 71.7 Å². The molecule has 1 aliphatic rings. The van der Waals surface area contributed by atoms with E-state index >= 15 is 0 Å². The van der Waals surface area contributed by atoms with Crippen LogP contribution in [0.25, 0.3) is 16.8 Å². The van der Waals surface area contributed by atoms with Crippen molar-refractivity contribution in [1.82, 2.24) is 19.6 Å². The van der Waals surface area contributed by atoms with Crippen LogP contribution in [-0.4, -0.2) is 38.7 Å². The smallest absolute Gasteiger partial charge is 0.371 e. The Balaban J connectivity index is 1.40. The molecule has 5 rings (SSSR count). The molecule has 0 aliphatic carbocycles. The van der Waals surface area contributed by atoms with Crippen LogP contribution in [0.1, 0.15) is 29.7 Å². The molecule has 1 aromatic carbocycles. The number of alkyl halides is 6. The molecule has 1 fully saturated rings. The number of hydrogen-bond donors (Lipinski definition) is 1. The first kappa shape index (κ1) is 24.8. The minimum Gasteiger partial charge on any atom is -0.371 e. The molecule has 4 heterocycles. The lowest BCUT2D eigenvalue weighted by Crippen LogP contribution is -2.39. The summed E-state index contributed by atoms with van der Waals surface area (Å²) < 4.78 is 81.6. The predicted octanol–water partition coefficient (Wildman–Crippen LogP) is 6.22. The highest BCUT2D eigenvalue weighted by atomic mass is 19.4. The number of anilines is 2. The molecule has 0 unspecified atom stereocenters. The Labute approximate surface area is 208 Å². The largest absolute Gasteiger partial charge is 0.416 e.